The summed E-state index contributed by atoms with van der Waals surface area (Å²) >= 11 is 1.77. The molecule has 1 unspecified atom stereocenters. The number of rotatable bonds is 3. The van der Waals surface area contributed by atoms with Crippen molar-refractivity contribution in [1.82, 2.24) is 0 Å². The van der Waals surface area contributed by atoms with Gasteiger partial charge in [0.2, 0.25) is 0 Å². The van der Waals surface area contributed by atoms with E-state index in [1.54, 1.807) is 11.3 Å². The molecule has 0 amide bonds. The molecule has 1 aliphatic rings. The van der Waals surface area contributed by atoms with Gasteiger partial charge in [0.05, 0.1) is 13.2 Å². The van der Waals surface area contributed by atoms with Crippen molar-refractivity contribution in [3.05, 3.63) is 21.9 Å². The average Bonchev–Trinajstić information content (AvgIpc) is 2.77. The van der Waals surface area contributed by atoms with Gasteiger partial charge in [0.1, 0.15) is 0 Å². The van der Waals surface area contributed by atoms with Crippen LogP contribution in [0.3, 0.4) is 0 Å². The topological polar surface area (TPSA) is 29.5 Å². The Labute approximate surface area is 88.5 Å². The molecule has 1 N–H and O–H groups in total. The maximum atomic E-state index is 9.41. The molecule has 0 aromatic carbocycles. The monoisotopic (exact) mass is 212 g/mol. The summed E-state index contributed by atoms with van der Waals surface area (Å²) in [6.45, 7) is 3.86. The first kappa shape index (κ1) is 10.1. The van der Waals surface area contributed by atoms with Gasteiger partial charge in [-0.15, -0.1) is 11.3 Å². The molecule has 2 heterocycles. The van der Waals surface area contributed by atoms with Gasteiger partial charge in [-0.05, 0) is 36.8 Å². The Kier molecular flexibility index (Phi) is 2.91. The number of aliphatic hydroxyl groups excluding tert-OH is 1. The van der Waals surface area contributed by atoms with Crippen molar-refractivity contribution in [2.24, 2.45) is 5.41 Å². The third-order valence-corrected chi connectivity index (χ3v) is 3.79. The molecule has 1 saturated heterocycles. The van der Waals surface area contributed by atoms with Crippen LogP contribution in [-0.2, 0) is 11.2 Å². The van der Waals surface area contributed by atoms with E-state index in [0.717, 1.165) is 19.4 Å². The highest BCUT2D eigenvalue weighted by atomic mass is 32.1. The van der Waals surface area contributed by atoms with E-state index in [9.17, 15) is 5.11 Å². The molecule has 1 fully saturated rings. The largest absolute Gasteiger partial charge is 0.396 e. The Balaban J connectivity index is 2.08. The maximum Gasteiger partial charge on any atom is 0.0548 e. The molecule has 1 aliphatic heterocycles. The van der Waals surface area contributed by atoms with E-state index in [2.05, 4.69) is 18.4 Å². The van der Waals surface area contributed by atoms with Crippen molar-refractivity contribution >= 4 is 11.3 Å². The van der Waals surface area contributed by atoms with Crippen LogP contribution in [0.5, 0.6) is 0 Å². The fourth-order valence-corrected chi connectivity index (χ4v) is 2.70. The lowest BCUT2D eigenvalue weighted by Crippen LogP contribution is -2.28. The molecule has 2 rings (SSSR count). The Morgan fingerprint density at radius 1 is 1.64 bits per heavy atom. The highest BCUT2D eigenvalue weighted by Crippen LogP contribution is 2.33. The molecule has 0 spiro atoms. The molecule has 2 nitrogen and oxygen atoms in total. The minimum atomic E-state index is -0.00644. The van der Waals surface area contributed by atoms with Crippen LogP contribution in [0.4, 0.5) is 0 Å². The zero-order valence-electron chi connectivity index (χ0n) is 8.45. The molecular formula is C11H16O2S. The first-order valence-corrected chi connectivity index (χ1v) is 5.85. The quantitative estimate of drug-likeness (QED) is 0.830. The zero-order chi connectivity index (χ0) is 10.0. The molecule has 1 aromatic rings. The maximum absolute atomic E-state index is 9.41. The lowest BCUT2D eigenvalue weighted by Gasteiger charge is -2.23. The minimum absolute atomic E-state index is 0.00644. The van der Waals surface area contributed by atoms with Gasteiger partial charge in [-0.1, -0.05) is 0 Å². The van der Waals surface area contributed by atoms with Crippen LogP contribution >= 0.6 is 11.3 Å². The zero-order valence-corrected chi connectivity index (χ0v) is 9.27. The van der Waals surface area contributed by atoms with E-state index < -0.39 is 0 Å². The average molecular weight is 212 g/mol. The fraction of sp³-hybridized carbons (Fsp3) is 0.636. The summed E-state index contributed by atoms with van der Waals surface area (Å²) < 4.78 is 5.37. The van der Waals surface area contributed by atoms with Gasteiger partial charge in [-0.25, -0.2) is 0 Å². The molecule has 0 aliphatic carbocycles. The molecule has 3 heteroatoms. The molecule has 1 atom stereocenters. The summed E-state index contributed by atoms with van der Waals surface area (Å²) in [5, 5.41) is 11.6. The molecule has 0 bridgehead atoms. The summed E-state index contributed by atoms with van der Waals surface area (Å²) in [5.74, 6) is 0. The highest BCUT2D eigenvalue weighted by molar-refractivity contribution is 7.10. The van der Waals surface area contributed by atoms with Gasteiger partial charge in [0.25, 0.3) is 0 Å². The Morgan fingerprint density at radius 2 is 2.50 bits per heavy atom. The number of thiophene rings is 1. The molecule has 0 saturated carbocycles. The molecule has 0 radical (unpaired) electrons. The van der Waals surface area contributed by atoms with Crippen LogP contribution in [0, 0.1) is 12.3 Å². The first-order valence-electron chi connectivity index (χ1n) is 4.97. The van der Waals surface area contributed by atoms with Crippen LogP contribution in [0.2, 0.25) is 0 Å². The standard InChI is InChI=1S/C11H16O2S/c1-9-4-10(6-14-9)5-11(7-12)2-3-13-8-11/h4,6,12H,2-3,5,7-8H2,1H3. The van der Waals surface area contributed by atoms with Crippen molar-refractivity contribution in [3.63, 3.8) is 0 Å². The SMILES string of the molecule is Cc1cc(CC2(CO)CCOC2)cs1. The molecule has 78 valence electrons. The van der Waals surface area contributed by atoms with Crippen molar-refractivity contribution in [2.75, 3.05) is 19.8 Å². The van der Waals surface area contributed by atoms with Gasteiger partial charge >= 0.3 is 0 Å². The number of ether oxygens (including phenoxy) is 1. The van der Waals surface area contributed by atoms with Crippen LogP contribution in [-0.4, -0.2) is 24.9 Å². The summed E-state index contributed by atoms with van der Waals surface area (Å²) in [5.41, 5.74) is 1.33. The number of aryl methyl sites for hydroxylation is 1. The number of hydrogen-bond acceptors (Lipinski definition) is 3. The van der Waals surface area contributed by atoms with E-state index in [1.165, 1.54) is 10.4 Å². The lowest BCUT2D eigenvalue weighted by molar-refractivity contribution is 0.0936. The first-order chi connectivity index (χ1) is 6.74. The molecule has 14 heavy (non-hydrogen) atoms. The third kappa shape index (κ3) is 2.00. The Hall–Kier alpha value is -0.380. The molecule has 1 aromatic heterocycles. The number of aliphatic hydroxyl groups is 1. The Morgan fingerprint density at radius 3 is 3.00 bits per heavy atom. The van der Waals surface area contributed by atoms with Crippen molar-refractivity contribution < 1.29 is 9.84 Å². The Bertz CT molecular complexity index is 300. The van der Waals surface area contributed by atoms with Gasteiger partial charge in [0.15, 0.2) is 0 Å². The highest BCUT2D eigenvalue weighted by Gasteiger charge is 2.34. The van der Waals surface area contributed by atoms with E-state index in [0.29, 0.717) is 6.61 Å². The van der Waals surface area contributed by atoms with Crippen molar-refractivity contribution in [2.45, 2.75) is 19.8 Å². The third-order valence-electron chi connectivity index (χ3n) is 2.88. The molecular weight excluding hydrogens is 196 g/mol. The summed E-state index contributed by atoms with van der Waals surface area (Å²) in [6.07, 6.45) is 1.94. The van der Waals surface area contributed by atoms with E-state index in [1.807, 2.05) is 0 Å². The normalized spacial score (nSPS) is 27.0. The summed E-state index contributed by atoms with van der Waals surface area (Å²) in [4.78, 5) is 1.34. The van der Waals surface area contributed by atoms with E-state index >= 15 is 0 Å². The fourth-order valence-electron chi connectivity index (χ4n) is 1.99. The van der Waals surface area contributed by atoms with E-state index in [4.69, 9.17) is 4.74 Å². The predicted molar refractivity (Wildman–Crippen MR) is 57.7 cm³/mol. The van der Waals surface area contributed by atoms with Crippen LogP contribution < -0.4 is 0 Å². The van der Waals surface area contributed by atoms with Crippen LogP contribution in [0.15, 0.2) is 11.4 Å². The van der Waals surface area contributed by atoms with Crippen LogP contribution in [0.1, 0.15) is 16.9 Å². The van der Waals surface area contributed by atoms with E-state index in [-0.39, 0.29) is 12.0 Å². The van der Waals surface area contributed by atoms with Gasteiger partial charge < -0.3 is 9.84 Å². The number of hydrogen-bond donors (Lipinski definition) is 1. The lowest BCUT2D eigenvalue weighted by atomic mass is 9.82. The smallest absolute Gasteiger partial charge is 0.0548 e. The summed E-state index contributed by atoms with van der Waals surface area (Å²) in [7, 11) is 0. The second-order valence-corrected chi connectivity index (χ2v) is 5.32. The summed E-state index contributed by atoms with van der Waals surface area (Å²) in [6, 6.07) is 2.21. The van der Waals surface area contributed by atoms with Gasteiger partial charge in [0, 0.05) is 16.9 Å². The van der Waals surface area contributed by atoms with Gasteiger partial charge in [-0.2, -0.15) is 0 Å². The van der Waals surface area contributed by atoms with Crippen molar-refractivity contribution in [3.8, 4) is 0 Å². The van der Waals surface area contributed by atoms with Gasteiger partial charge in [-0.3, -0.25) is 0 Å². The second kappa shape index (κ2) is 4.01. The van der Waals surface area contributed by atoms with Crippen molar-refractivity contribution in [1.29, 1.82) is 0 Å². The predicted octanol–water partition coefficient (Wildman–Crippen LogP) is 2.00. The van der Waals surface area contributed by atoms with Crippen LogP contribution in [0.25, 0.3) is 0 Å². The second-order valence-electron chi connectivity index (χ2n) is 4.20. The minimum Gasteiger partial charge on any atom is -0.396 e.